The third-order valence-electron chi connectivity index (χ3n) is 4.60. The highest BCUT2D eigenvalue weighted by atomic mass is 16.1. The summed E-state index contributed by atoms with van der Waals surface area (Å²) in [6.45, 7) is 11.1. The second kappa shape index (κ2) is 6.41. The Hall–Kier alpha value is -1.35. The summed E-state index contributed by atoms with van der Waals surface area (Å²) in [4.78, 5) is 12.7. The van der Waals surface area contributed by atoms with E-state index in [9.17, 15) is 4.79 Å². The molecule has 2 rings (SSSR count). The van der Waals surface area contributed by atoms with E-state index < -0.39 is 0 Å². The SMILES string of the molecule is CC[C@H](C(=O)NC1CC(C)(C)[NH2+]C(C)(C)C1)c1ccccc1. The van der Waals surface area contributed by atoms with Crippen LogP contribution in [0.5, 0.6) is 0 Å². The molecule has 0 aromatic heterocycles. The number of hydrogen-bond donors (Lipinski definition) is 2. The lowest BCUT2D eigenvalue weighted by Crippen LogP contribution is -3.06. The first-order valence-corrected chi connectivity index (χ1v) is 8.45. The van der Waals surface area contributed by atoms with E-state index in [1.807, 2.05) is 18.2 Å². The Morgan fingerprint density at radius 3 is 2.23 bits per heavy atom. The molecule has 0 unspecified atom stereocenters. The molecule has 1 aromatic carbocycles. The number of hydrogen-bond acceptors (Lipinski definition) is 1. The number of quaternary nitrogens is 1. The summed E-state index contributed by atoms with van der Waals surface area (Å²) in [7, 11) is 0. The predicted molar refractivity (Wildman–Crippen MR) is 90.7 cm³/mol. The minimum atomic E-state index is -0.0432. The van der Waals surface area contributed by atoms with Crippen molar-refractivity contribution >= 4 is 5.91 Å². The first-order valence-electron chi connectivity index (χ1n) is 8.45. The Balaban J connectivity index is 2.07. The summed E-state index contributed by atoms with van der Waals surface area (Å²) in [6.07, 6.45) is 2.88. The number of benzene rings is 1. The zero-order chi connectivity index (χ0) is 16.4. The second-order valence-corrected chi connectivity index (χ2v) is 8.11. The number of nitrogens with one attached hydrogen (secondary N) is 1. The van der Waals surface area contributed by atoms with E-state index >= 15 is 0 Å². The topological polar surface area (TPSA) is 45.7 Å². The maximum absolute atomic E-state index is 12.7. The Morgan fingerprint density at radius 1 is 1.18 bits per heavy atom. The van der Waals surface area contributed by atoms with Crippen molar-refractivity contribution in [2.24, 2.45) is 0 Å². The Morgan fingerprint density at radius 2 is 1.73 bits per heavy atom. The van der Waals surface area contributed by atoms with Crippen LogP contribution < -0.4 is 10.6 Å². The molecule has 1 aliphatic heterocycles. The number of nitrogens with two attached hydrogens (primary N) is 1. The van der Waals surface area contributed by atoms with Crippen LogP contribution in [0.3, 0.4) is 0 Å². The summed E-state index contributed by atoms with van der Waals surface area (Å²) in [5.74, 6) is 0.130. The monoisotopic (exact) mass is 303 g/mol. The summed E-state index contributed by atoms with van der Waals surface area (Å²) >= 11 is 0. The maximum Gasteiger partial charge on any atom is 0.227 e. The van der Waals surface area contributed by atoms with Gasteiger partial charge in [-0.1, -0.05) is 37.3 Å². The molecule has 122 valence electrons. The van der Waals surface area contributed by atoms with Crippen LogP contribution in [-0.4, -0.2) is 23.0 Å². The fourth-order valence-corrected chi connectivity index (χ4v) is 4.18. The van der Waals surface area contributed by atoms with E-state index in [-0.39, 0.29) is 28.9 Å². The Labute approximate surface area is 134 Å². The molecule has 0 radical (unpaired) electrons. The lowest BCUT2D eigenvalue weighted by molar-refractivity contribution is -0.787. The second-order valence-electron chi connectivity index (χ2n) is 8.11. The van der Waals surface area contributed by atoms with Gasteiger partial charge in [0.05, 0.1) is 17.0 Å². The number of piperidine rings is 1. The number of carbonyl (C=O) groups is 1. The van der Waals surface area contributed by atoms with E-state index in [0.717, 1.165) is 24.8 Å². The van der Waals surface area contributed by atoms with Crippen LogP contribution in [-0.2, 0) is 4.79 Å². The highest BCUT2D eigenvalue weighted by molar-refractivity contribution is 5.83. The van der Waals surface area contributed by atoms with Gasteiger partial charge in [0.1, 0.15) is 0 Å². The van der Waals surface area contributed by atoms with Crippen molar-refractivity contribution in [3.05, 3.63) is 35.9 Å². The molecule has 3 N–H and O–H groups in total. The molecule has 22 heavy (non-hydrogen) atoms. The molecule has 0 bridgehead atoms. The molecule has 3 heteroatoms. The molecular formula is C19H31N2O+. The van der Waals surface area contributed by atoms with Gasteiger partial charge in [-0.3, -0.25) is 4.79 Å². The van der Waals surface area contributed by atoms with Gasteiger partial charge in [0.15, 0.2) is 0 Å². The minimum Gasteiger partial charge on any atom is -0.352 e. The van der Waals surface area contributed by atoms with E-state index in [0.29, 0.717) is 0 Å². The fraction of sp³-hybridized carbons (Fsp3) is 0.632. The smallest absolute Gasteiger partial charge is 0.227 e. The highest BCUT2D eigenvalue weighted by Crippen LogP contribution is 2.24. The van der Waals surface area contributed by atoms with Gasteiger partial charge in [0.25, 0.3) is 0 Å². The van der Waals surface area contributed by atoms with Gasteiger partial charge in [0, 0.05) is 18.9 Å². The average molecular weight is 303 g/mol. The van der Waals surface area contributed by atoms with E-state index in [1.165, 1.54) is 0 Å². The molecule has 0 spiro atoms. The van der Waals surface area contributed by atoms with E-state index in [1.54, 1.807) is 0 Å². The largest absolute Gasteiger partial charge is 0.352 e. The lowest BCUT2D eigenvalue weighted by atomic mass is 9.79. The minimum absolute atomic E-state index is 0.0432. The van der Waals surface area contributed by atoms with Crippen LogP contribution in [0.2, 0.25) is 0 Å². The first-order chi connectivity index (χ1) is 10.2. The molecule has 0 saturated carbocycles. The zero-order valence-corrected chi connectivity index (χ0v) is 14.6. The first kappa shape index (κ1) is 17.0. The standard InChI is InChI=1S/C19H30N2O/c1-6-16(14-10-8-7-9-11-14)17(22)20-15-12-18(2,3)21-19(4,5)13-15/h7-11,15-16,21H,6,12-13H2,1-5H3,(H,20,22)/p+1/t16-/m0/s1. The normalized spacial score (nSPS) is 22.0. The van der Waals surface area contributed by atoms with Crippen molar-refractivity contribution in [2.75, 3.05) is 0 Å². The van der Waals surface area contributed by atoms with Gasteiger partial charge >= 0.3 is 0 Å². The lowest BCUT2D eigenvalue weighted by Gasteiger charge is -2.43. The summed E-state index contributed by atoms with van der Waals surface area (Å²) in [6, 6.07) is 10.4. The zero-order valence-electron chi connectivity index (χ0n) is 14.6. The number of amides is 1. The molecule has 1 fully saturated rings. The third kappa shape index (κ3) is 4.33. The van der Waals surface area contributed by atoms with Crippen LogP contribution in [0.1, 0.15) is 65.4 Å². The van der Waals surface area contributed by atoms with Gasteiger partial charge in [-0.05, 0) is 39.7 Å². The van der Waals surface area contributed by atoms with Crippen molar-refractivity contribution < 1.29 is 10.1 Å². The number of rotatable bonds is 4. The van der Waals surface area contributed by atoms with Crippen LogP contribution in [0, 0.1) is 0 Å². The number of carbonyl (C=O) groups excluding carboxylic acids is 1. The molecule has 1 saturated heterocycles. The molecule has 1 aromatic rings. The van der Waals surface area contributed by atoms with Crippen LogP contribution in [0.4, 0.5) is 0 Å². The summed E-state index contributed by atoms with van der Waals surface area (Å²) in [5, 5.41) is 5.76. The van der Waals surface area contributed by atoms with Crippen LogP contribution in [0.25, 0.3) is 0 Å². The van der Waals surface area contributed by atoms with Crippen molar-refractivity contribution in [3.8, 4) is 0 Å². The van der Waals surface area contributed by atoms with Crippen LogP contribution >= 0.6 is 0 Å². The molecule has 1 heterocycles. The fourth-order valence-electron chi connectivity index (χ4n) is 4.18. The van der Waals surface area contributed by atoms with Gasteiger partial charge in [-0.15, -0.1) is 0 Å². The van der Waals surface area contributed by atoms with Gasteiger partial charge in [0.2, 0.25) is 5.91 Å². The quantitative estimate of drug-likeness (QED) is 0.882. The van der Waals surface area contributed by atoms with E-state index in [4.69, 9.17) is 0 Å². The van der Waals surface area contributed by atoms with Crippen LogP contribution in [0.15, 0.2) is 30.3 Å². The van der Waals surface area contributed by atoms with Crippen molar-refractivity contribution in [1.29, 1.82) is 0 Å². The summed E-state index contributed by atoms with van der Waals surface area (Å²) in [5.41, 5.74) is 1.46. The molecular weight excluding hydrogens is 272 g/mol. The predicted octanol–water partition coefficient (Wildman–Crippen LogP) is 2.58. The molecule has 0 aliphatic carbocycles. The van der Waals surface area contributed by atoms with Gasteiger partial charge in [-0.25, -0.2) is 0 Å². The Bertz CT molecular complexity index is 491. The molecule has 3 nitrogen and oxygen atoms in total. The third-order valence-corrected chi connectivity index (χ3v) is 4.60. The van der Waals surface area contributed by atoms with E-state index in [2.05, 4.69) is 57.4 Å². The van der Waals surface area contributed by atoms with Gasteiger partial charge < -0.3 is 10.6 Å². The molecule has 1 amide bonds. The molecule has 1 aliphatic rings. The van der Waals surface area contributed by atoms with Gasteiger partial charge in [-0.2, -0.15) is 0 Å². The Kier molecular flexibility index (Phi) is 4.96. The summed E-state index contributed by atoms with van der Waals surface area (Å²) < 4.78 is 0. The molecule has 1 atom stereocenters. The maximum atomic E-state index is 12.7. The van der Waals surface area contributed by atoms with Crippen molar-refractivity contribution in [1.82, 2.24) is 5.32 Å². The van der Waals surface area contributed by atoms with Crippen molar-refractivity contribution in [3.63, 3.8) is 0 Å². The average Bonchev–Trinajstić information content (AvgIpc) is 2.36. The highest BCUT2D eigenvalue weighted by Gasteiger charge is 2.42. The van der Waals surface area contributed by atoms with Crippen molar-refractivity contribution in [2.45, 2.75) is 76.9 Å².